The molecule has 100 valence electrons. The zero-order valence-electron chi connectivity index (χ0n) is 9.64. The molecule has 4 nitrogen and oxygen atoms in total. The molecule has 1 atom stereocenters. The van der Waals surface area contributed by atoms with E-state index in [1.54, 1.807) is 0 Å². The first-order chi connectivity index (χ1) is 8.46. The molecule has 2 rings (SSSR count). The largest absolute Gasteiger partial charge is 0.330 e. The lowest BCUT2D eigenvalue weighted by Gasteiger charge is -2.17. The standard InChI is InChI=1S/C11H14ClFN2O2S/c12-9-2-1-3-10(13)11(9)18(16,17)15-5-4-8(6-14)7-15/h1-3,8H,4-7,14H2. The third-order valence-corrected chi connectivity index (χ3v) is 5.47. The SMILES string of the molecule is NCC1CCN(S(=O)(=O)c2c(F)cccc2Cl)C1. The summed E-state index contributed by atoms with van der Waals surface area (Å²) < 4.78 is 39.5. The van der Waals surface area contributed by atoms with Crippen LogP contribution in [0.1, 0.15) is 6.42 Å². The number of nitrogens with two attached hydrogens (primary N) is 1. The number of rotatable bonds is 3. The zero-order valence-corrected chi connectivity index (χ0v) is 11.2. The van der Waals surface area contributed by atoms with E-state index in [-0.39, 0.29) is 10.9 Å². The minimum atomic E-state index is -3.87. The highest BCUT2D eigenvalue weighted by molar-refractivity contribution is 7.89. The molecule has 1 heterocycles. The molecule has 1 unspecified atom stereocenters. The van der Waals surface area contributed by atoms with Crippen LogP contribution >= 0.6 is 11.6 Å². The fourth-order valence-electron chi connectivity index (χ4n) is 2.07. The van der Waals surface area contributed by atoms with E-state index in [1.807, 2.05) is 0 Å². The molecule has 0 bridgehead atoms. The van der Waals surface area contributed by atoms with Crippen LogP contribution in [-0.2, 0) is 10.0 Å². The van der Waals surface area contributed by atoms with E-state index < -0.39 is 20.7 Å². The molecule has 0 amide bonds. The fraction of sp³-hybridized carbons (Fsp3) is 0.455. The molecule has 2 N–H and O–H groups in total. The van der Waals surface area contributed by atoms with E-state index in [2.05, 4.69) is 0 Å². The number of sulfonamides is 1. The van der Waals surface area contributed by atoms with Gasteiger partial charge < -0.3 is 5.73 Å². The van der Waals surface area contributed by atoms with Crippen LogP contribution in [0, 0.1) is 11.7 Å². The van der Waals surface area contributed by atoms with Gasteiger partial charge in [0.15, 0.2) is 0 Å². The molecule has 0 saturated carbocycles. The smallest absolute Gasteiger partial charge is 0.247 e. The summed E-state index contributed by atoms with van der Waals surface area (Å²) in [6, 6.07) is 3.84. The van der Waals surface area contributed by atoms with Gasteiger partial charge in [-0.3, -0.25) is 0 Å². The van der Waals surface area contributed by atoms with Crippen molar-refractivity contribution < 1.29 is 12.8 Å². The summed E-state index contributed by atoms with van der Waals surface area (Å²) in [5.41, 5.74) is 5.52. The Kier molecular flexibility index (Phi) is 3.91. The Morgan fingerprint density at radius 1 is 1.50 bits per heavy atom. The average molecular weight is 293 g/mol. The maximum Gasteiger partial charge on any atom is 0.247 e. The fourth-order valence-corrected chi connectivity index (χ4v) is 4.16. The van der Waals surface area contributed by atoms with Crippen LogP contribution in [0.2, 0.25) is 5.02 Å². The van der Waals surface area contributed by atoms with Crippen molar-refractivity contribution in [3.05, 3.63) is 29.0 Å². The molecule has 1 fully saturated rings. The van der Waals surface area contributed by atoms with Crippen molar-refractivity contribution in [1.29, 1.82) is 0 Å². The molecule has 1 aliphatic rings. The first-order valence-electron chi connectivity index (χ1n) is 5.61. The van der Waals surface area contributed by atoms with Gasteiger partial charge in [0.1, 0.15) is 10.7 Å². The van der Waals surface area contributed by atoms with Crippen LogP contribution in [-0.4, -0.2) is 32.4 Å². The Bertz CT molecular complexity index is 530. The number of benzene rings is 1. The minimum Gasteiger partial charge on any atom is -0.330 e. The maximum atomic E-state index is 13.7. The van der Waals surface area contributed by atoms with Gasteiger partial charge >= 0.3 is 0 Å². The Labute approximate surface area is 111 Å². The van der Waals surface area contributed by atoms with Crippen molar-refractivity contribution in [3.8, 4) is 0 Å². The predicted molar refractivity (Wildman–Crippen MR) is 67.3 cm³/mol. The first-order valence-corrected chi connectivity index (χ1v) is 7.43. The molecule has 18 heavy (non-hydrogen) atoms. The topological polar surface area (TPSA) is 63.4 Å². The van der Waals surface area contributed by atoms with Crippen molar-refractivity contribution >= 4 is 21.6 Å². The quantitative estimate of drug-likeness (QED) is 0.917. The highest BCUT2D eigenvalue weighted by Gasteiger charge is 2.34. The number of hydrogen-bond acceptors (Lipinski definition) is 3. The second kappa shape index (κ2) is 5.13. The molecule has 7 heteroatoms. The van der Waals surface area contributed by atoms with Gasteiger partial charge in [-0.2, -0.15) is 4.31 Å². The van der Waals surface area contributed by atoms with Crippen molar-refractivity contribution in [3.63, 3.8) is 0 Å². The van der Waals surface area contributed by atoms with Crippen LogP contribution in [0.5, 0.6) is 0 Å². The van der Waals surface area contributed by atoms with E-state index in [4.69, 9.17) is 17.3 Å². The lowest BCUT2D eigenvalue weighted by molar-refractivity contribution is 0.453. The first kappa shape index (κ1) is 13.7. The Balaban J connectivity index is 2.38. The Hall–Kier alpha value is -0.690. The summed E-state index contributed by atoms with van der Waals surface area (Å²) in [6.45, 7) is 1.11. The molecular weight excluding hydrogens is 279 g/mol. The van der Waals surface area contributed by atoms with Crippen LogP contribution in [0.4, 0.5) is 4.39 Å². The van der Waals surface area contributed by atoms with Gasteiger partial charge in [0.2, 0.25) is 10.0 Å². The molecule has 0 aliphatic carbocycles. The van der Waals surface area contributed by atoms with Crippen LogP contribution in [0.15, 0.2) is 23.1 Å². The molecule has 0 radical (unpaired) electrons. The molecule has 0 aromatic heterocycles. The summed E-state index contributed by atoms with van der Waals surface area (Å²) in [5, 5.41) is -0.0915. The van der Waals surface area contributed by atoms with Crippen LogP contribution < -0.4 is 5.73 Å². The second-order valence-corrected chi connectivity index (χ2v) is 6.59. The Morgan fingerprint density at radius 2 is 2.22 bits per heavy atom. The van der Waals surface area contributed by atoms with E-state index in [0.29, 0.717) is 26.1 Å². The predicted octanol–water partition coefficient (Wildman–Crippen LogP) is 1.45. The number of hydrogen-bond donors (Lipinski definition) is 1. The summed E-state index contributed by atoms with van der Waals surface area (Å²) >= 11 is 5.79. The Morgan fingerprint density at radius 3 is 2.78 bits per heavy atom. The number of halogens is 2. The van der Waals surface area contributed by atoms with E-state index in [1.165, 1.54) is 16.4 Å². The third-order valence-electron chi connectivity index (χ3n) is 3.10. The summed E-state index contributed by atoms with van der Waals surface area (Å²) in [6.07, 6.45) is 0.696. The summed E-state index contributed by atoms with van der Waals surface area (Å²) in [5.74, 6) is -0.691. The molecule has 1 aliphatic heterocycles. The lowest BCUT2D eigenvalue weighted by atomic mass is 10.1. The highest BCUT2D eigenvalue weighted by atomic mass is 35.5. The van der Waals surface area contributed by atoms with Gasteiger partial charge in [0, 0.05) is 13.1 Å². The molecular formula is C11H14ClFN2O2S. The van der Waals surface area contributed by atoms with Crippen molar-refractivity contribution in [2.45, 2.75) is 11.3 Å². The van der Waals surface area contributed by atoms with Gasteiger partial charge in [-0.15, -0.1) is 0 Å². The van der Waals surface area contributed by atoms with Crippen LogP contribution in [0.3, 0.4) is 0 Å². The second-order valence-electron chi connectivity index (χ2n) is 4.30. The highest BCUT2D eigenvalue weighted by Crippen LogP contribution is 2.30. The summed E-state index contributed by atoms with van der Waals surface area (Å²) in [4.78, 5) is -0.440. The molecule has 0 spiro atoms. The van der Waals surface area contributed by atoms with Gasteiger partial charge in [-0.1, -0.05) is 17.7 Å². The van der Waals surface area contributed by atoms with Crippen molar-refractivity contribution in [2.75, 3.05) is 19.6 Å². The molecule has 1 aromatic rings. The third kappa shape index (κ3) is 2.38. The van der Waals surface area contributed by atoms with E-state index in [9.17, 15) is 12.8 Å². The zero-order chi connectivity index (χ0) is 13.3. The van der Waals surface area contributed by atoms with Crippen LogP contribution in [0.25, 0.3) is 0 Å². The van der Waals surface area contributed by atoms with Gasteiger partial charge in [-0.05, 0) is 31.0 Å². The summed E-state index contributed by atoms with van der Waals surface area (Å²) in [7, 11) is -3.87. The minimum absolute atomic E-state index is 0.0915. The monoisotopic (exact) mass is 292 g/mol. The lowest BCUT2D eigenvalue weighted by Crippen LogP contribution is -2.30. The normalized spacial score (nSPS) is 21.4. The van der Waals surface area contributed by atoms with Crippen molar-refractivity contribution in [2.24, 2.45) is 11.7 Å². The average Bonchev–Trinajstić information content (AvgIpc) is 2.77. The van der Waals surface area contributed by atoms with Gasteiger partial charge in [0.05, 0.1) is 5.02 Å². The van der Waals surface area contributed by atoms with E-state index >= 15 is 0 Å². The number of nitrogens with zero attached hydrogens (tertiary/aromatic N) is 1. The van der Waals surface area contributed by atoms with Gasteiger partial charge in [0.25, 0.3) is 0 Å². The molecule has 1 saturated heterocycles. The molecule has 1 aromatic carbocycles. The van der Waals surface area contributed by atoms with E-state index in [0.717, 1.165) is 6.07 Å². The van der Waals surface area contributed by atoms with Crippen molar-refractivity contribution in [1.82, 2.24) is 4.31 Å². The maximum absolute atomic E-state index is 13.7. The van der Waals surface area contributed by atoms with Gasteiger partial charge in [-0.25, -0.2) is 12.8 Å².